The first-order valence-electron chi connectivity index (χ1n) is 16.9. The van der Waals surface area contributed by atoms with E-state index >= 15 is 0 Å². The lowest BCUT2D eigenvalue weighted by molar-refractivity contribution is 0.0328. The fourth-order valence-corrected chi connectivity index (χ4v) is 6.91. The summed E-state index contributed by atoms with van der Waals surface area (Å²) in [5.41, 5.74) is 2.44. The fourth-order valence-electron chi connectivity index (χ4n) is 5.18. The number of aryl methyl sites for hydroxylation is 1. The smallest absolute Gasteiger partial charge is 0.296 e. The van der Waals surface area contributed by atoms with Gasteiger partial charge < -0.3 is 29.7 Å². The van der Waals surface area contributed by atoms with Crippen molar-refractivity contribution in [2.24, 2.45) is 20.5 Å². The van der Waals surface area contributed by atoms with Crippen molar-refractivity contribution in [3.05, 3.63) is 96.6 Å². The zero-order valence-corrected chi connectivity index (χ0v) is 31.5. The zero-order valence-electron chi connectivity index (χ0n) is 29.9. The van der Waals surface area contributed by atoms with Crippen LogP contribution in [0, 0.1) is 6.92 Å². The Balaban J connectivity index is 1.29. The van der Waals surface area contributed by atoms with E-state index in [0.29, 0.717) is 54.3 Å². The van der Waals surface area contributed by atoms with E-state index in [1.807, 2.05) is 30.3 Å². The Hall–Kier alpha value is -5.34. The van der Waals surface area contributed by atoms with Gasteiger partial charge in [0.05, 0.1) is 49.8 Å². The van der Waals surface area contributed by atoms with Gasteiger partial charge in [-0.2, -0.15) is 13.5 Å². The van der Waals surface area contributed by atoms with Gasteiger partial charge in [-0.15, -0.1) is 15.3 Å². The second-order valence-corrected chi connectivity index (χ2v) is 15.0. The third kappa shape index (κ3) is 11.1. The van der Waals surface area contributed by atoms with Gasteiger partial charge in [0.15, 0.2) is 5.75 Å². The van der Waals surface area contributed by atoms with E-state index in [1.54, 1.807) is 31.2 Å². The highest BCUT2D eigenvalue weighted by Gasteiger charge is 2.22. The number of hydrogen-bond donors (Lipinski definition) is 5. The monoisotopic (exact) mass is 792 g/mol. The molecule has 0 spiro atoms. The number of nitrogens with one attached hydrogen (secondary N) is 2. The van der Waals surface area contributed by atoms with Gasteiger partial charge in [-0.25, -0.2) is 13.1 Å². The van der Waals surface area contributed by atoms with E-state index in [-0.39, 0.29) is 41.5 Å². The van der Waals surface area contributed by atoms with Crippen LogP contribution in [0.2, 0.25) is 0 Å². The second kappa shape index (κ2) is 18.8. The molecule has 5 aromatic rings. The van der Waals surface area contributed by atoms with Crippen molar-refractivity contribution in [2.45, 2.75) is 23.1 Å². The van der Waals surface area contributed by atoms with Crippen molar-refractivity contribution >= 4 is 65.0 Å². The van der Waals surface area contributed by atoms with Gasteiger partial charge in [-0.05, 0) is 91.0 Å². The number of para-hydroxylation sites is 1. The predicted molar refractivity (Wildman–Crippen MR) is 206 cm³/mol. The van der Waals surface area contributed by atoms with Crippen LogP contribution in [0.25, 0.3) is 10.8 Å². The Morgan fingerprint density at radius 1 is 0.745 bits per heavy atom. The van der Waals surface area contributed by atoms with Gasteiger partial charge in [-0.1, -0.05) is 18.2 Å². The molecule has 290 valence electrons. The minimum atomic E-state index is -4.85. The molecule has 5 N–H and O–H groups in total. The summed E-state index contributed by atoms with van der Waals surface area (Å²) < 4.78 is 78.8. The Morgan fingerprint density at radius 2 is 1.45 bits per heavy atom. The number of aromatic hydroxyl groups is 1. The number of rotatable bonds is 19. The van der Waals surface area contributed by atoms with Crippen molar-refractivity contribution in [1.29, 1.82) is 0 Å². The van der Waals surface area contributed by atoms with Crippen LogP contribution in [0.4, 0.5) is 34.1 Å². The maximum Gasteiger partial charge on any atom is 0.296 e. The lowest BCUT2D eigenvalue weighted by Crippen LogP contribution is -2.25. The molecular formula is C37H40N6O10S2. The largest absolute Gasteiger partial charge is 0.505 e. The summed E-state index contributed by atoms with van der Waals surface area (Å²) in [6, 6.07) is 24.4. The van der Waals surface area contributed by atoms with Crippen molar-refractivity contribution in [1.82, 2.24) is 4.72 Å². The van der Waals surface area contributed by atoms with E-state index in [4.69, 9.17) is 19.3 Å². The number of fused-ring (bicyclic) bond motifs is 1. The highest BCUT2D eigenvalue weighted by molar-refractivity contribution is 7.89. The standard InChI is InChI=1S/C37H40N6O10S2/c1-25-21-33(42-40-28-9-12-30(13-10-28)54(46,47)38-15-6-17-52-19-20-53-18-16-44)34(51-2)24-32(25)41-43-36-35(55(48,49)50)23-26-22-29(11-14-31(26)37(36)45)39-27-7-4-3-5-8-27/h3-5,7-14,21-24,38-39,44-45H,6,15-20H2,1-2H3,(H,48,49,50). The summed E-state index contributed by atoms with van der Waals surface area (Å²) in [6.45, 7) is 3.08. The van der Waals surface area contributed by atoms with Crippen molar-refractivity contribution in [3.8, 4) is 11.5 Å². The number of phenolic OH excluding ortho intramolecular Hbond substituents is 1. The number of ether oxygens (including phenoxy) is 3. The number of benzene rings is 5. The van der Waals surface area contributed by atoms with E-state index in [9.17, 15) is 26.5 Å². The highest BCUT2D eigenvalue weighted by atomic mass is 32.2. The first-order valence-corrected chi connectivity index (χ1v) is 19.8. The molecule has 0 bridgehead atoms. The second-order valence-electron chi connectivity index (χ2n) is 11.9. The van der Waals surface area contributed by atoms with Gasteiger partial charge in [0.25, 0.3) is 10.1 Å². The van der Waals surface area contributed by atoms with Crippen LogP contribution in [0.5, 0.6) is 11.5 Å². The molecule has 0 aromatic heterocycles. The highest BCUT2D eigenvalue weighted by Crippen LogP contribution is 2.43. The van der Waals surface area contributed by atoms with Crippen LogP contribution >= 0.6 is 0 Å². The first kappa shape index (κ1) is 40.8. The molecule has 5 aromatic carbocycles. The molecule has 0 fully saturated rings. The summed E-state index contributed by atoms with van der Waals surface area (Å²) in [5, 5.41) is 40.3. The summed E-state index contributed by atoms with van der Waals surface area (Å²) >= 11 is 0. The van der Waals surface area contributed by atoms with E-state index in [1.165, 1.54) is 43.5 Å². The van der Waals surface area contributed by atoms with Crippen LogP contribution in [0.3, 0.4) is 0 Å². The quantitative estimate of drug-likeness (QED) is 0.0315. The van der Waals surface area contributed by atoms with Crippen molar-refractivity contribution < 1.29 is 45.8 Å². The minimum Gasteiger partial charge on any atom is -0.505 e. The maximum absolute atomic E-state index is 12.7. The average Bonchev–Trinajstić information content (AvgIpc) is 3.16. The number of azo groups is 2. The van der Waals surface area contributed by atoms with E-state index in [2.05, 4.69) is 30.5 Å². The van der Waals surface area contributed by atoms with Gasteiger partial charge in [0, 0.05) is 36.0 Å². The van der Waals surface area contributed by atoms with Crippen LogP contribution in [0.1, 0.15) is 12.0 Å². The summed E-state index contributed by atoms with van der Waals surface area (Å²) in [4.78, 5) is -0.585. The number of nitrogens with zero attached hydrogens (tertiary/aromatic N) is 4. The number of anilines is 2. The predicted octanol–water partition coefficient (Wildman–Crippen LogP) is 7.38. The molecule has 0 aliphatic rings. The van der Waals surface area contributed by atoms with Gasteiger partial charge in [0.1, 0.15) is 22.0 Å². The molecule has 0 heterocycles. The molecule has 0 saturated heterocycles. The molecule has 0 saturated carbocycles. The summed E-state index contributed by atoms with van der Waals surface area (Å²) in [7, 11) is -7.21. The van der Waals surface area contributed by atoms with Gasteiger partial charge in [0.2, 0.25) is 10.0 Å². The van der Waals surface area contributed by atoms with Gasteiger partial charge in [-0.3, -0.25) is 4.55 Å². The normalized spacial score (nSPS) is 12.2. The summed E-state index contributed by atoms with van der Waals surface area (Å²) in [5.74, 6) is -0.253. The molecule has 18 heteroatoms. The summed E-state index contributed by atoms with van der Waals surface area (Å²) in [6.07, 6.45) is 0.457. The Kier molecular flexibility index (Phi) is 14.0. The van der Waals surface area contributed by atoms with E-state index < -0.39 is 36.5 Å². The number of phenols is 1. The number of aliphatic hydroxyl groups is 1. The fraction of sp³-hybridized carbons (Fsp3) is 0.243. The Bertz CT molecular complexity index is 2380. The maximum atomic E-state index is 12.7. The lowest BCUT2D eigenvalue weighted by Gasteiger charge is -2.12. The van der Waals surface area contributed by atoms with Crippen LogP contribution < -0.4 is 14.8 Å². The molecular weight excluding hydrogens is 753 g/mol. The SMILES string of the molecule is COc1cc(N=Nc2c(S(=O)(=O)O)cc3cc(Nc4ccccc4)ccc3c2O)c(C)cc1N=Nc1ccc(S(=O)(=O)NCCCOCCOCCO)cc1. The number of hydrogen-bond acceptors (Lipinski definition) is 14. The molecule has 0 aliphatic carbocycles. The van der Waals surface area contributed by atoms with Crippen molar-refractivity contribution in [2.75, 3.05) is 52.0 Å². The molecule has 16 nitrogen and oxygen atoms in total. The lowest BCUT2D eigenvalue weighted by atomic mass is 10.1. The Morgan fingerprint density at radius 3 is 2.15 bits per heavy atom. The molecule has 0 unspecified atom stereocenters. The molecule has 55 heavy (non-hydrogen) atoms. The third-order valence-corrected chi connectivity index (χ3v) is 10.3. The number of aliphatic hydroxyl groups excluding tert-OH is 1. The van der Waals surface area contributed by atoms with Crippen LogP contribution in [-0.4, -0.2) is 78.3 Å². The van der Waals surface area contributed by atoms with Crippen LogP contribution in [-0.2, 0) is 29.6 Å². The molecule has 0 amide bonds. The number of sulfonamides is 1. The minimum absolute atomic E-state index is 0.0485. The van der Waals surface area contributed by atoms with Gasteiger partial charge >= 0.3 is 0 Å². The third-order valence-electron chi connectivity index (χ3n) is 7.93. The molecule has 0 atom stereocenters. The van der Waals surface area contributed by atoms with E-state index in [0.717, 1.165) is 5.69 Å². The molecule has 0 aliphatic heterocycles. The van der Waals surface area contributed by atoms with Crippen LogP contribution in [0.15, 0.2) is 121 Å². The van der Waals surface area contributed by atoms with Crippen molar-refractivity contribution in [3.63, 3.8) is 0 Å². The first-order chi connectivity index (χ1) is 26.4. The topological polar surface area (TPSA) is 230 Å². The number of methoxy groups -OCH3 is 1. The molecule has 0 radical (unpaired) electrons. The average molecular weight is 793 g/mol. The molecule has 5 rings (SSSR count). The Labute approximate surface area is 318 Å². The zero-order chi connectivity index (χ0) is 39.4.